The molecule has 0 radical (unpaired) electrons. The van der Waals surface area contributed by atoms with Crippen LogP contribution in [0.25, 0.3) is 0 Å². The van der Waals surface area contributed by atoms with Crippen molar-refractivity contribution >= 4 is 23.4 Å². The highest BCUT2D eigenvalue weighted by atomic mass is 35.5. The summed E-state index contributed by atoms with van der Waals surface area (Å²) in [5.41, 5.74) is 1.13. The van der Waals surface area contributed by atoms with Crippen molar-refractivity contribution in [1.82, 2.24) is 15.1 Å². The summed E-state index contributed by atoms with van der Waals surface area (Å²) in [6, 6.07) is 8.22. The lowest BCUT2D eigenvalue weighted by atomic mass is 10.0. The fraction of sp³-hybridized carbons (Fsp3) is 0.579. The first kappa shape index (κ1) is 18.2. The minimum atomic E-state index is -0.0707. The number of carbonyl (C=O) groups excluding carboxylic acids is 2. The van der Waals surface area contributed by atoms with E-state index in [1.54, 1.807) is 0 Å². The molecule has 2 saturated heterocycles. The van der Waals surface area contributed by atoms with E-state index in [1.165, 1.54) is 0 Å². The highest BCUT2D eigenvalue weighted by molar-refractivity contribution is 6.31. The van der Waals surface area contributed by atoms with E-state index in [1.807, 2.05) is 29.2 Å². The number of nitrogens with one attached hydrogen (secondary N) is 1. The third-order valence-electron chi connectivity index (χ3n) is 5.15. The Bertz CT molecular complexity index is 616. The van der Waals surface area contributed by atoms with E-state index in [0.29, 0.717) is 12.6 Å². The summed E-state index contributed by atoms with van der Waals surface area (Å²) < 4.78 is 0. The van der Waals surface area contributed by atoms with Gasteiger partial charge in [0, 0.05) is 24.2 Å². The Morgan fingerprint density at radius 2 is 1.88 bits per heavy atom. The molecule has 1 aromatic carbocycles. The van der Waals surface area contributed by atoms with Crippen molar-refractivity contribution in [2.45, 2.75) is 38.1 Å². The molecule has 2 aliphatic heterocycles. The molecule has 2 amide bonds. The molecule has 25 heavy (non-hydrogen) atoms. The number of hydrogen-bond acceptors (Lipinski definition) is 3. The number of nitrogens with zero attached hydrogens (tertiary/aromatic N) is 2. The van der Waals surface area contributed by atoms with Crippen LogP contribution in [-0.2, 0) is 16.0 Å². The van der Waals surface area contributed by atoms with Gasteiger partial charge < -0.3 is 10.2 Å². The summed E-state index contributed by atoms with van der Waals surface area (Å²) in [5, 5.41) is 3.57. The maximum absolute atomic E-state index is 12.2. The molecule has 0 spiro atoms. The zero-order valence-corrected chi connectivity index (χ0v) is 15.3. The van der Waals surface area contributed by atoms with Crippen molar-refractivity contribution in [1.29, 1.82) is 0 Å². The first-order valence-electron chi connectivity index (χ1n) is 9.15. The normalized spacial score (nSPS) is 20.8. The summed E-state index contributed by atoms with van der Waals surface area (Å²) in [6.45, 7) is 3.02. The molecular weight excluding hydrogens is 338 g/mol. The van der Waals surface area contributed by atoms with Crippen LogP contribution in [0.15, 0.2) is 24.3 Å². The Balaban J connectivity index is 1.46. The summed E-state index contributed by atoms with van der Waals surface area (Å²) >= 11 is 6.26. The van der Waals surface area contributed by atoms with Gasteiger partial charge in [0.15, 0.2) is 0 Å². The van der Waals surface area contributed by atoms with E-state index in [4.69, 9.17) is 11.6 Å². The molecule has 0 aliphatic carbocycles. The zero-order chi connectivity index (χ0) is 17.6. The summed E-state index contributed by atoms with van der Waals surface area (Å²) in [5.74, 6) is -0.0431. The van der Waals surface area contributed by atoms with Gasteiger partial charge in [-0.05, 0) is 50.3 Å². The van der Waals surface area contributed by atoms with Gasteiger partial charge in [-0.15, -0.1) is 0 Å². The topological polar surface area (TPSA) is 52.7 Å². The van der Waals surface area contributed by atoms with E-state index in [0.717, 1.165) is 62.3 Å². The zero-order valence-electron chi connectivity index (χ0n) is 14.5. The molecule has 1 aromatic rings. The Morgan fingerprint density at radius 1 is 1.12 bits per heavy atom. The van der Waals surface area contributed by atoms with Crippen LogP contribution < -0.4 is 5.32 Å². The van der Waals surface area contributed by atoms with Crippen LogP contribution in [0.2, 0.25) is 5.02 Å². The second-order valence-electron chi connectivity index (χ2n) is 6.93. The molecule has 5 nitrogen and oxygen atoms in total. The molecule has 1 atom stereocenters. The van der Waals surface area contributed by atoms with E-state index in [2.05, 4.69) is 10.2 Å². The van der Waals surface area contributed by atoms with Crippen LogP contribution in [0.1, 0.15) is 31.2 Å². The maximum Gasteiger partial charge on any atom is 0.241 e. The molecule has 2 fully saturated rings. The van der Waals surface area contributed by atoms with Crippen molar-refractivity contribution < 1.29 is 9.59 Å². The van der Waals surface area contributed by atoms with Crippen LogP contribution >= 0.6 is 11.6 Å². The largest absolute Gasteiger partial charge is 0.346 e. The predicted octanol–water partition coefficient (Wildman–Crippen LogP) is 2.09. The second kappa shape index (κ2) is 8.68. The first-order valence-corrected chi connectivity index (χ1v) is 9.53. The minimum absolute atomic E-state index is 0.0277. The van der Waals surface area contributed by atoms with E-state index < -0.39 is 0 Å². The fourth-order valence-corrected chi connectivity index (χ4v) is 3.96. The van der Waals surface area contributed by atoms with Crippen LogP contribution in [0.3, 0.4) is 0 Å². The Morgan fingerprint density at radius 3 is 2.64 bits per heavy atom. The number of carbonyl (C=O) groups is 2. The summed E-state index contributed by atoms with van der Waals surface area (Å²) in [4.78, 5) is 28.3. The number of hydrogen-bond donors (Lipinski definition) is 1. The number of rotatable bonds is 6. The lowest BCUT2D eigenvalue weighted by Gasteiger charge is -2.24. The van der Waals surface area contributed by atoms with Gasteiger partial charge in [-0.1, -0.05) is 29.8 Å². The lowest BCUT2D eigenvalue weighted by molar-refractivity contribution is -0.132. The first-order chi connectivity index (χ1) is 12.1. The van der Waals surface area contributed by atoms with Crippen molar-refractivity contribution in [3.05, 3.63) is 34.9 Å². The summed E-state index contributed by atoms with van der Waals surface area (Å²) in [7, 11) is 0. The fourth-order valence-electron chi connectivity index (χ4n) is 3.75. The monoisotopic (exact) mass is 363 g/mol. The van der Waals surface area contributed by atoms with Gasteiger partial charge in [0.25, 0.3) is 0 Å². The van der Waals surface area contributed by atoms with E-state index >= 15 is 0 Å². The third-order valence-corrected chi connectivity index (χ3v) is 5.52. The molecule has 136 valence electrons. The Labute approximate surface area is 154 Å². The Kier molecular flexibility index (Phi) is 6.32. The third kappa shape index (κ3) is 4.95. The molecule has 0 saturated carbocycles. The van der Waals surface area contributed by atoms with Crippen molar-refractivity contribution in [3.8, 4) is 0 Å². The highest BCUT2D eigenvalue weighted by Gasteiger charge is 2.27. The molecule has 0 unspecified atom stereocenters. The highest BCUT2D eigenvalue weighted by Crippen LogP contribution is 2.24. The lowest BCUT2D eigenvalue weighted by Crippen LogP contribution is -2.44. The van der Waals surface area contributed by atoms with Crippen molar-refractivity contribution in [2.24, 2.45) is 0 Å². The molecule has 2 aliphatic rings. The molecule has 0 bridgehead atoms. The number of halogens is 1. The van der Waals surface area contributed by atoms with Crippen molar-refractivity contribution in [3.63, 3.8) is 0 Å². The van der Waals surface area contributed by atoms with Gasteiger partial charge in [0.2, 0.25) is 11.8 Å². The maximum atomic E-state index is 12.2. The molecule has 1 N–H and O–H groups in total. The van der Waals surface area contributed by atoms with Crippen LogP contribution in [0.5, 0.6) is 0 Å². The predicted molar refractivity (Wildman–Crippen MR) is 98.6 cm³/mol. The van der Waals surface area contributed by atoms with Crippen LogP contribution in [0, 0.1) is 0 Å². The van der Waals surface area contributed by atoms with E-state index in [9.17, 15) is 9.59 Å². The second-order valence-corrected chi connectivity index (χ2v) is 7.33. The SMILES string of the molecule is O=C(CN1CCC[C@@H]1Cc1ccccc1Cl)NCC(=O)N1CCCC1. The average molecular weight is 364 g/mol. The van der Waals surface area contributed by atoms with Crippen LogP contribution in [0.4, 0.5) is 0 Å². The van der Waals surface area contributed by atoms with Crippen LogP contribution in [-0.4, -0.2) is 60.4 Å². The van der Waals surface area contributed by atoms with Gasteiger partial charge in [-0.25, -0.2) is 0 Å². The smallest absolute Gasteiger partial charge is 0.241 e. The average Bonchev–Trinajstić information content (AvgIpc) is 3.27. The molecule has 6 heteroatoms. The molecule has 2 heterocycles. The molecule has 0 aromatic heterocycles. The van der Waals surface area contributed by atoms with Gasteiger partial charge in [0.05, 0.1) is 13.1 Å². The standard InChI is InChI=1S/C19H26ClN3O2/c20-17-8-2-1-6-15(17)12-16-7-5-11-23(16)14-18(24)21-13-19(25)22-9-3-4-10-22/h1-2,6,8,16H,3-5,7,9-14H2,(H,21,24)/t16-/m1/s1. The van der Waals surface area contributed by atoms with Gasteiger partial charge in [-0.3, -0.25) is 14.5 Å². The number of likely N-dealkylation sites (tertiary alicyclic amines) is 2. The molecular formula is C19H26ClN3O2. The van der Waals surface area contributed by atoms with Gasteiger partial charge in [0.1, 0.15) is 0 Å². The van der Waals surface area contributed by atoms with E-state index in [-0.39, 0.29) is 18.4 Å². The quantitative estimate of drug-likeness (QED) is 0.842. The summed E-state index contributed by atoms with van der Waals surface area (Å²) in [6.07, 6.45) is 5.16. The van der Waals surface area contributed by atoms with Gasteiger partial charge >= 0.3 is 0 Å². The van der Waals surface area contributed by atoms with Crippen molar-refractivity contribution in [2.75, 3.05) is 32.7 Å². The number of amides is 2. The number of benzene rings is 1. The Hall–Kier alpha value is -1.59. The molecule has 3 rings (SSSR count). The van der Waals surface area contributed by atoms with Gasteiger partial charge in [-0.2, -0.15) is 0 Å². The minimum Gasteiger partial charge on any atom is -0.346 e.